The van der Waals surface area contributed by atoms with Crippen molar-refractivity contribution in [1.82, 2.24) is 15.6 Å². The average Bonchev–Trinajstić information content (AvgIpc) is 2.77. The molecule has 0 fully saturated rings. The fourth-order valence-electron chi connectivity index (χ4n) is 1.41. The van der Waals surface area contributed by atoms with Gasteiger partial charge in [0, 0.05) is 37.9 Å². The Morgan fingerprint density at radius 2 is 2.39 bits per heavy atom. The molecule has 1 rings (SSSR count). The molecule has 0 spiro atoms. The Morgan fingerprint density at radius 3 is 3.00 bits per heavy atom. The molecule has 1 amide bonds. The summed E-state index contributed by atoms with van der Waals surface area (Å²) in [7, 11) is 1.66. The Bertz CT molecular complexity index is 368. The fourth-order valence-corrected chi connectivity index (χ4v) is 2.16. The number of nitrogens with one attached hydrogen (secondary N) is 2. The standard InChI is InChI=1S/C12H21N3O2S/c1-9(12(16)13-5-4-6-17-3)14-7-11-8-15-10(2)18-11/h8-9,14H,4-7H2,1-3H3,(H,13,16). The zero-order valence-electron chi connectivity index (χ0n) is 11.2. The van der Waals surface area contributed by atoms with Crippen LogP contribution in [0.4, 0.5) is 0 Å². The number of amides is 1. The molecule has 0 saturated carbocycles. The van der Waals surface area contributed by atoms with E-state index >= 15 is 0 Å². The lowest BCUT2D eigenvalue weighted by atomic mass is 10.3. The topological polar surface area (TPSA) is 63.2 Å². The van der Waals surface area contributed by atoms with Gasteiger partial charge in [-0.2, -0.15) is 0 Å². The van der Waals surface area contributed by atoms with Crippen LogP contribution in [0, 0.1) is 6.92 Å². The van der Waals surface area contributed by atoms with Crippen LogP contribution in [0.15, 0.2) is 6.20 Å². The van der Waals surface area contributed by atoms with Gasteiger partial charge in [-0.25, -0.2) is 4.98 Å². The Hall–Kier alpha value is -0.980. The van der Waals surface area contributed by atoms with Gasteiger partial charge < -0.3 is 15.4 Å². The second-order valence-corrected chi connectivity index (χ2v) is 5.40. The van der Waals surface area contributed by atoms with E-state index in [1.807, 2.05) is 20.0 Å². The van der Waals surface area contributed by atoms with E-state index in [1.54, 1.807) is 18.4 Å². The maximum absolute atomic E-state index is 11.7. The second kappa shape index (κ2) is 8.18. The minimum absolute atomic E-state index is 0.0207. The summed E-state index contributed by atoms with van der Waals surface area (Å²) in [5.74, 6) is 0.0207. The predicted octanol–water partition coefficient (Wildman–Crippen LogP) is 1.08. The first-order chi connectivity index (χ1) is 8.63. The van der Waals surface area contributed by atoms with E-state index in [-0.39, 0.29) is 11.9 Å². The number of hydrogen-bond donors (Lipinski definition) is 2. The molecule has 1 heterocycles. The third kappa shape index (κ3) is 5.57. The van der Waals surface area contributed by atoms with Crippen molar-refractivity contribution >= 4 is 17.2 Å². The highest BCUT2D eigenvalue weighted by Gasteiger charge is 2.11. The van der Waals surface area contributed by atoms with Crippen LogP contribution in [0.1, 0.15) is 23.2 Å². The molecule has 1 unspecified atom stereocenters. The normalized spacial score (nSPS) is 12.4. The summed E-state index contributed by atoms with van der Waals surface area (Å²) < 4.78 is 4.92. The minimum atomic E-state index is -0.199. The number of carbonyl (C=O) groups is 1. The Labute approximate surface area is 112 Å². The van der Waals surface area contributed by atoms with Crippen LogP contribution in [0.3, 0.4) is 0 Å². The average molecular weight is 271 g/mol. The van der Waals surface area contributed by atoms with Crippen LogP contribution in [0.5, 0.6) is 0 Å². The third-order valence-electron chi connectivity index (χ3n) is 2.47. The number of nitrogens with zero attached hydrogens (tertiary/aromatic N) is 1. The monoisotopic (exact) mass is 271 g/mol. The molecule has 0 aliphatic rings. The van der Waals surface area contributed by atoms with Crippen molar-refractivity contribution in [2.24, 2.45) is 0 Å². The maximum Gasteiger partial charge on any atom is 0.236 e. The highest BCUT2D eigenvalue weighted by atomic mass is 32.1. The molecule has 0 aliphatic heterocycles. The molecule has 2 N–H and O–H groups in total. The minimum Gasteiger partial charge on any atom is -0.385 e. The zero-order chi connectivity index (χ0) is 13.4. The molecule has 18 heavy (non-hydrogen) atoms. The molecule has 1 atom stereocenters. The van der Waals surface area contributed by atoms with Crippen molar-refractivity contribution in [2.45, 2.75) is 32.9 Å². The van der Waals surface area contributed by atoms with Gasteiger partial charge in [-0.05, 0) is 20.3 Å². The summed E-state index contributed by atoms with van der Waals surface area (Å²) in [6.07, 6.45) is 2.68. The van der Waals surface area contributed by atoms with Gasteiger partial charge >= 0.3 is 0 Å². The molecule has 0 bridgehead atoms. The summed E-state index contributed by atoms with van der Waals surface area (Å²) in [6, 6.07) is -0.199. The number of ether oxygens (including phenoxy) is 1. The molecule has 102 valence electrons. The van der Waals surface area contributed by atoms with Gasteiger partial charge in [-0.15, -0.1) is 11.3 Å². The lowest BCUT2D eigenvalue weighted by Crippen LogP contribution is -2.42. The second-order valence-electron chi connectivity index (χ2n) is 4.09. The third-order valence-corrected chi connectivity index (χ3v) is 3.38. The number of rotatable bonds is 8. The number of thiazole rings is 1. The van der Waals surface area contributed by atoms with Crippen molar-refractivity contribution in [1.29, 1.82) is 0 Å². The molecule has 1 aromatic rings. The van der Waals surface area contributed by atoms with Crippen LogP contribution >= 0.6 is 11.3 Å². The molecule has 0 radical (unpaired) electrons. The Kier molecular flexibility index (Phi) is 6.85. The highest BCUT2D eigenvalue weighted by molar-refractivity contribution is 7.11. The molecule has 6 heteroatoms. The van der Waals surface area contributed by atoms with E-state index in [2.05, 4.69) is 15.6 Å². The van der Waals surface area contributed by atoms with Crippen molar-refractivity contribution in [2.75, 3.05) is 20.3 Å². The number of carbonyl (C=O) groups excluding carboxylic acids is 1. The first kappa shape index (κ1) is 15.1. The van der Waals surface area contributed by atoms with Gasteiger partial charge in [0.15, 0.2) is 0 Å². The van der Waals surface area contributed by atoms with Gasteiger partial charge in [-0.1, -0.05) is 0 Å². The summed E-state index contributed by atoms with van der Waals surface area (Å²) in [4.78, 5) is 17.0. The maximum atomic E-state index is 11.7. The molecule has 0 aromatic carbocycles. The van der Waals surface area contributed by atoms with E-state index in [1.165, 1.54) is 0 Å². The van der Waals surface area contributed by atoms with Crippen LogP contribution in [-0.4, -0.2) is 37.2 Å². The van der Waals surface area contributed by atoms with Crippen molar-refractivity contribution in [3.8, 4) is 0 Å². The van der Waals surface area contributed by atoms with Gasteiger partial charge in [0.25, 0.3) is 0 Å². The summed E-state index contributed by atoms with van der Waals surface area (Å²) in [5.41, 5.74) is 0. The van der Waals surface area contributed by atoms with Crippen LogP contribution in [0.2, 0.25) is 0 Å². The first-order valence-corrected chi connectivity index (χ1v) is 6.86. The van der Waals surface area contributed by atoms with E-state index in [9.17, 15) is 4.79 Å². The Balaban J connectivity index is 2.19. The van der Waals surface area contributed by atoms with E-state index in [0.29, 0.717) is 19.7 Å². The lowest BCUT2D eigenvalue weighted by molar-refractivity contribution is -0.122. The number of aromatic nitrogens is 1. The molecule has 0 saturated heterocycles. The van der Waals surface area contributed by atoms with E-state index < -0.39 is 0 Å². The lowest BCUT2D eigenvalue weighted by Gasteiger charge is -2.13. The number of aryl methyl sites for hydroxylation is 1. The molecule has 0 aliphatic carbocycles. The van der Waals surface area contributed by atoms with Gasteiger partial charge in [0.1, 0.15) is 0 Å². The SMILES string of the molecule is COCCCNC(=O)C(C)NCc1cnc(C)s1. The molecule has 1 aromatic heterocycles. The zero-order valence-corrected chi connectivity index (χ0v) is 12.0. The summed E-state index contributed by atoms with van der Waals surface area (Å²) in [5, 5.41) is 7.09. The summed E-state index contributed by atoms with van der Waals surface area (Å²) in [6.45, 7) is 5.83. The first-order valence-electron chi connectivity index (χ1n) is 6.05. The molecular weight excluding hydrogens is 250 g/mol. The van der Waals surface area contributed by atoms with Crippen LogP contribution < -0.4 is 10.6 Å². The Morgan fingerprint density at radius 1 is 1.61 bits per heavy atom. The fraction of sp³-hybridized carbons (Fsp3) is 0.667. The number of methoxy groups -OCH3 is 1. The largest absolute Gasteiger partial charge is 0.385 e. The van der Waals surface area contributed by atoms with Crippen molar-refractivity contribution in [3.63, 3.8) is 0 Å². The summed E-state index contributed by atoms with van der Waals surface area (Å²) >= 11 is 1.64. The van der Waals surface area contributed by atoms with Crippen molar-refractivity contribution < 1.29 is 9.53 Å². The highest BCUT2D eigenvalue weighted by Crippen LogP contribution is 2.10. The quantitative estimate of drug-likeness (QED) is 0.695. The number of hydrogen-bond acceptors (Lipinski definition) is 5. The molecule has 5 nitrogen and oxygen atoms in total. The van der Waals surface area contributed by atoms with Crippen LogP contribution in [-0.2, 0) is 16.1 Å². The van der Waals surface area contributed by atoms with E-state index in [0.717, 1.165) is 16.3 Å². The van der Waals surface area contributed by atoms with Crippen LogP contribution in [0.25, 0.3) is 0 Å². The predicted molar refractivity (Wildman–Crippen MR) is 72.7 cm³/mol. The van der Waals surface area contributed by atoms with Gasteiger partial charge in [0.2, 0.25) is 5.91 Å². The smallest absolute Gasteiger partial charge is 0.236 e. The van der Waals surface area contributed by atoms with E-state index in [4.69, 9.17) is 4.74 Å². The molecular formula is C12H21N3O2S. The van der Waals surface area contributed by atoms with Gasteiger partial charge in [0.05, 0.1) is 11.0 Å². The van der Waals surface area contributed by atoms with Gasteiger partial charge in [-0.3, -0.25) is 4.79 Å². The van der Waals surface area contributed by atoms with Crippen molar-refractivity contribution in [3.05, 3.63) is 16.1 Å².